The Morgan fingerprint density at radius 2 is 1.90 bits per heavy atom. The Kier molecular flexibility index (Phi) is 4.83. The average Bonchev–Trinajstić information content (AvgIpc) is 2.34. The fourth-order valence-corrected chi connectivity index (χ4v) is 1.67. The molecule has 21 heavy (non-hydrogen) atoms. The lowest BCUT2D eigenvalue weighted by atomic mass is 9.90. The lowest BCUT2D eigenvalue weighted by Gasteiger charge is -2.22. The summed E-state index contributed by atoms with van der Waals surface area (Å²) in [7, 11) is 1.10. The average molecular weight is 304 g/mol. The number of amides is 1. The van der Waals surface area contributed by atoms with Crippen LogP contribution in [0.25, 0.3) is 0 Å². The van der Waals surface area contributed by atoms with Gasteiger partial charge in [0.15, 0.2) is 0 Å². The van der Waals surface area contributed by atoms with Crippen molar-refractivity contribution >= 4 is 11.7 Å². The molecule has 0 saturated carbocycles. The monoisotopic (exact) mass is 304 g/mol. The van der Waals surface area contributed by atoms with Gasteiger partial charge in [0.25, 0.3) is 5.91 Å². The zero-order chi connectivity index (χ0) is 16.4. The van der Waals surface area contributed by atoms with Crippen molar-refractivity contribution < 1.29 is 18.0 Å². The van der Waals surface area contributed by atoms with Gasteiger partial charge in [-0.15, -0.1) is 0 Å². The molecule has 3 N–H and O–H groups in total. The number of hydrazine groups is 1. The SMILES string of the molecule is CN(CC(F)(F)F)C(=O)c1cc(NN)nc(C(C)(C)C)c1. The zero-order valence-electron chi connectivity index (χ0n) is 12.4. The van der Waals surface area contributed by atoms with Crippen LogP contribution in [-0.2, 0) is 5.41 Å². The Bertz CT molecular complexity index is 523. The summed E-state index contributed by atoms with van der Waals surface area (Å²) in [6.45, 7) is 4.32. The van der Waals surface area contributed by atoms with E-state index < -0.39 is 18.6 Å². The Morgan fingerprint density at radius 3 is 2.33 bits per heavy atom. The molecule has 0 aliphatic rings. The number of nitrogens with one attached hydrogen (secondary N) is 1. The number of nitrogens with two attached hydrogens (primary N) is 1. The van der Waals surface area contributed by atoms with E-state index in [1.807, 2.05) is 20.8 Å². The second-order valence-electron chi connectivity index (χ2n) is 5.80. The highest BCUT2D eigenvalue weighted by Crippen LogP contribution is 2.24. The van der Waals surface area contributed by atoms with Crippen LogP contribution in [0.3, 0.4) is 0 Å². The highest BCUT2D eigenvalue weighted by atomic mass is 19.4. The van der Waals surface area contributed by atoms with Crippen molar-refractivity contribution in [3.63, 3.8) is 0 Å². The molecule has 1 aromatic rings. The van der Waals surface area contributed by atoms with Crippen molar-refractivity contribution in [1.82, 2.24) is 9.88 Å². The number of nitrogens with zero attached hydrogens (tertiary/aromatic N) is 2. The molecule has 0 aliphatic heterocycles. The number of pyridine rings is 1. The second kappa shape index (κ2) is 5.88. The first kappa shape index (κ1) is 17.2. The molecule has 0 atom stereocenters. The van der Waals surface area contributed by atoms with Gasteiger partial charge < -0.3 is 10.3 Å². The van der Waals surface area contributed by atoms with Gasteiger partial charge in [0.05, 0.1) is 0 Å². The van der Waals surface area contributed by atoms with Crippen molar-refractivity contribution in [2.24, 2.45) is 5.84 Å². The van der Waals surface area contributed by atoms with Crippen LogP contribution in [0.15, 0.2) is 12.1 Å². The van der Waals surface area contributed by atoms with Crippen LogP contribution in [0.4, 0.5) is 19.0 Å². The molecule has 1 heterocycles. The fraction of sp³-hybridized carbons (Fsp3) is 0.538. The van der Waals surface area contributed by atoms with Gasteiger partial charge in [0.2, 0.25) is 0 Å². The largest absolute Gasteiger partial charge is 0.406 e. The third-order valence-corrected chi connectivity index (χ3v) is 2.75. The molecular weight excluding hydrogens is 285 g/mol. The normalized spacial score (nSPS) is 12.2. The number of carbonyl (C=O) groups is 1. The van der Waals surface area contributed by atoms with E-state index >= 15 is 0 Å². The van der Waals surface area contributed by atoms with Crippen LogP contribution in [0.5, 0.6) is 0 Å². The predicted molar refractivity (Wildman–Crippen MR) is 73.8 cm³/mol. The van der Waals surface area contributed by atoms with E-state index in [0.717, 1.165) is 7.05 Å². The molecule has 0 aliphatic carbocycles. The molecule has 118 valence electrons. The maximum absolute atomic E-state index is 12.4. The number of hydrogen-bond acceptors (Lipinski definition) is 4. The molecule has 0 bridgehead atoms. The predicted octanol–water partition coefficient (Wildman–Crippen LogP) is 2.30. The summed E-state index contributed by atoms with van der Waals surface area (Å²) in [5.74, 6) is 4.78. The second-order valence-corrected chi connectivity index (χ2v) is 5.80. The van der Waals surface area contributed by atoms with Crippen molar-refractivity contribution in [2.45, 2.75) is 32.4 Å². The first-order chi connectivity index (χ1) is 9.44. The number of halogens is 3. The fourth-order valence-electron chi connectivity index (χ4n) is 1.67. The molecule has 1 rings (SSSR count). The molecule has 0 spiro atoms. The van der Waals surface area contributed by atoms with E-state index in [2.05, 4.69) is 10.4 Å². The van der Waals surface area contributed by atoms with Crippen molar-refractivity contribution in [3.8, 4) is 0 Å². The molecule has 0 saturated heterocycles. The lowest BCUT2D eigenvalue weighted by Crippen LogP contribution is -2.36. The number of aromatic nitrogens is 1. The van der Waals surface area contributed by atoms with E-state index in [0.29, 0.717) is 10.6 Å². The van der Waals surface area contributed by atoms with Gasteiger partial charge in [-0.3, -0.25) is 4.79 Å². The van der Waals surface area contributed by atoms with E-state index in [1.165, 1.54) is 12.1 Å². The minimum absolute atomic E-state index is 0.106. The van der Waals surface area contributed by atoms with Crippen LogP contribution in [-0.4, -0.2) is 35.6 Å². The molecule has 8 heteroatoms. The highest BCUT2D eigenvalue weighted by Gasteiger charge is 2.32. The molecule has 5 nitrogen and oxygen atoms in total. The Morgan fingerprint density at radius 1 is 1.33 bits per heavy atom. The minimum atomic E-state index is -4.45. The van der Waals surface area contributed by atoms with E-state index in [9.17, 15) is 18.0 Å². The van der Waals surface area contributed by atoms with E-state index in [1.54, 1.807) is 0 Å². The summed E-state index contributed by atoms with van der Waals surface area (Å²) >= 11 is 0. The lowest BCUT2D eigenvalue weighted by molar-refractivity contribution is -0.138. The molecule has 0 unspecified atom stereocenters. The van der Waals surface area contributed by atoms with Crippen LogP contribution in [0.2, 0.25) is 0 Å². The van der Waals surface area contributed by atoms with Gasteiger partial charge in [0, 0.05) is 23.7 Å². The summed E-state index contributed by atoms with van der Waals surface area (Å²) in [5, 5.41) is 0. The van der Waals surface area contributed by atoms with Crippen LogP contribution < -0.4 is 11.3 Å². The summed E-state index contributed by atoms with van der Waals surface area (Å²) in [6, 6.07) is 2.81. The van der Waals surface area contributed by atoms with Gasteiger partial charge in [-0.2, -0.15) is 13.2 Å². The smallest absolute Gasteiger partial charge is 0.333 e. The van der Waals surface area contributed by atoms with Crippen LogP contribution in [0.1, 0.15) is 36.8 Å². The minimum Gasteiger partial charge on any atom is -0.333 e. The molecule has 0 fully saturated rings. The summed E-state index contributed by atoms with van der Waals surface area (Å²) in [4.78, 5) is 16.9. The highest BCUT2D eigenvalue weighted by molar-refractivity contribution is 5.95. The van der Waals surface area contributed by atoms with Gasteiger partial charge in [0.1, 0.15) is 12.4 Å². The third kappa shape index (κ3) is 4.89. The van der Waals surface area contributed by atoms with Crippen molar-refractivity contribution in [2.75, 3.05) is 19.0 Å². The molecule has 1 amide bonds. The number of hydrogen-bond donors (Lipinski definition) is 2. The number of alkyl halides is 3. The maximum Gasteiger partial charge on any atom is 0.406 e. The standard InChI is InChI=1S/C13H19F3N4O/c1-12(2,3)9-5-8(6-10(18-9)19-17)11(21)20(4)7-13(14,15)16/h5-6H,7,17H2,1-4H3,(H,18,19). The van der Waals surface area contributed by atoms with Gasteiger partial charge in [-0.05, 0) is 12.1 Å². The first-order valence-corrected chi connectivity index (χ1v) is 6.25. The molecule has 0 aromatic carbocycles. The summed E-state index contributed by atoms with van der Waals surface area (Å²) < 4.78 is 37.1. The van der Waals surface area contributed by atoms with Crippen molar-refractivity contribution in [1.29, 1.82) is 0 Å². The van der Waals surface area contributed by atoms with Gasteiger partial charge in [-0.1, -0.05) is 20.8 Å². The van der Waals surface area contributed by atoms with Crippen LogP contribution >= 0.6 is 0 Å². The Balaban J connectivity index is 3.15. The van der Waals surface area contributed by atoms with E-state index in [4.69, 9.17) is 5.84 Å². The first-order valence-electron chi connectivity index (χ1n) is 6.25. The quantitative estimate of drug-likeness (QED) is 0.664. The summed E-state index contributed by atoms with van der Waals surface area (Å²) in [5.41, 5.74) is 2.61. The number of anilines is 1. The van der Waals surface area contributed by atoms with Crippen molar-refractivity contribution in [3.05, 3.63) is 23.4 Å². The number of rotatable bonds is 3. The molecule has 0 radical (unpaired) electrons. The Labute approximate surface area is 121 Å². The summed E-state index contributed by atoms with van der Waals surface area (Å²) in [6.07, 6.45) is -4.45. The third-order valence-electron chi connectivity index (χ3n) is 2.75. The Hall–Kier alpha value is -1.83. The maximum atomic E-state index is 12.4. The van der Waals surface area contributed by atoms with Gasteiger partial charge >= 0.3 is 6.18 Å². The topological polar surface area (TPSA) is 71.2 Å². The number of carbonyl (C=O) groups excluding carboxylic acids is 1. The van der Waals surface area contributed by atoms with Crippen LogP contribution in [0, 0.1) is 0 Å². The number of nitrogen functional groups attached to an aromatic ring is 1. The molecular formula is C13H19F3N4O. The molecule has 1 aromatic heterocycles. The van der Waals surface area contributed by atoms with E-state index in [-0.39, 0.29) is 16.8 Å². The zero-order valence-corrected chi connectivity index (χ0v) is 12.4. The van der Waals surface area contributed by atoms with Gasteiger partial charge in [-0.25, -0.2) is 10.8 Å².